The van der Waals surface area contributed by atoms with Crippen molar-refractivity contribution in [3.8, 4) is 0 Å². The molecule has 0 unspecified atom stereocenters. The highest BCUT2D eigenvalue weighted by atomic mass is 16.6. The van der Waals surface area contributed by atoms with Gasteiger partial charge in [0.25, 0.3) is 0 Å². The van der Waals surface area contributed by atoms with Gasteiger partial charge in [-0.05, 0) is 84.9 Å². The van der Waals surface area contributed by atoms with Gasteiger partial charge in [0.15, 0.2) is 0 Å². The Hall–Kier alpha value is -1.09. The summed E-state index contributed by atoms with van der Waals surface area (Å²) in [6, 6.07) is 0. The summed E-state index contributed by atoms with van der Waals surface area (Å²) >= 11 is 0. The molecule has 10 atom stereocenters. The molecule has 0 N–H and O–H groups in total. The standard InChI is InChI=1S/C30H46O3/c1-17(2)18(3)27-28(33-27)19(4)24-10-11-25-23-9-8-21-16-22(32-20(5)31)12-14-29(21,6)26(23)13-15-30(24,25)7/h8-9,17-19,22,24-28H,10-16H2,1-7H3/t18-,19+,22+,24-,25+,26+,27+,28+,29+,30-/m1/s1. The molecule has 0 aromatic heterocycles. The van der Waals surface area contributed by atoms with Crippen LogP contribution in [0.3, 0.4) is 0 Å². The van der Waals surface area contributed by atoms with Gasteiger partial charge < -0.3 is 9.47 Å². The monoisotopic (exact) mass is 454 g/mol. The van der Waals surface area contributed by atoms with E-state index >= 15 is 0 Å². The zero-order chi connectivity index (χ0) is 23.7. The molecule has 0 bridgehead atoms. The first-order chi connectivity index (χ1) is 15.6. The van der Waals surface area contributed by atoms with Crippen molar-refractivity contribution in [1.82, 2.24) is 0 Å². The van der Waals surface area contributed by atoms with Crippen LogP contribution in [-0.2, 0) is 14.3 Å². The van der Waals surface area contributed by atoms with Gasteiger partial charge in [0.05, 0.1) is 12.2 Å². The Morgan fingerprint density at radius 3 is 2.45 bits per heavy atom. The Kier molecular flexibility index (Phi) is 5.91. The molecule has 5 aliphatic rings. The SMILES string of the molecule is CC(=O)O[C@H]1CC[C@@]2(C)C(=CC=C3[C@@H]4CC[C@H]([C@H](C)[C@@H]5O[C@H]5[C@H](C)C(C)C)[C@@]4(C)CC[C@@H]32)C1. The van der Waals surface area contributed by atoms with Crippen LogP contribution >= 0.6 is 0 Å². The molecule has 1 aliphatic heterocycles. The molecule has 3 heteroatoms. The molecule has 33 heavy (non-hydrogen) atoms. The Bertz CT molecular complexity index is 855. The molecule has 4 fully saturated rings. The number of fused-ring (bicyclic) bond motifs is 5. The molecule has 3 nitrogen and oxygen atoms in total. The Labute approximate surface area is 201 Å². The normalized spacial score (nSPS) is 45.8. The van der Waals surface area contributed by atoms with Gasteiger partial charge in [-0.15, -0.1) is 0 Å². The molecule has 0 amide bonds. The summed E-state index contributed by atoms with van der Waals surface area (Å²) in [4.78, 5) is 11.5. The lowest BCUT2D eigenvalue weighted by molar-refractivity contribution is -0.148. The second-order valence-electron chi connectivity index (χ2n) is 13.1. The van der Waals surface area contributed by atoms with E-state index in [1.165, 1.54) is 31.3 Å². The first kappa shape index (κ1) is 23.6. The average Bonchev–Trinajstić information content (AvgIpc) is 3.47. The summed E-state index contributed by atoms with van der Waals surface area (Å²) in [7, 11) is 0. The fraction of sp³-hybridized carbons (Fsp3) is 0.833. The zero-order valence-electron chi connectivity index (χ0n) is 22.0. The van der Waals surface area contributed by atoms with Gasteiger partial charge >= 0.3 is 5.97 Å². The van der Waals surface area contributed by atoms with E-state index in [9.17, 15) is 4.79 Å². The van der Waals surface area contributed by atoms with Gasteiger partial charge in [0.2, 0.25) is 0 Å². The molecule has 1 saturated heterocycles. The van der Waals surface area contributed by atoms with Crippen LogP contribution in [-0.4, -0.2) is 24.3 Å². The Balaban J connectivity index is 1.34. The summed E-state index contributed by atoms with van der Waals surface area (Å²) in [6.45, 7) is 16.2. The lowest BCUT2D eigenvalue weighted by Crippen LogP contribution is -2.47. The lowest BCUT2D eigenvalue weighted by Gasteiger charge is -2.55. The molecule has 4 aliphatic carbocycles. The number of rotatable bonds is 5. The summed E-state index contributed by atoms with van der Waals surface area (Å²) in [6.07, 6.45) is 14.4. The molecule has 0 radical (unpaired) electrons. The predicted molar refractivity (Wildman–Crippen MR) is 133 cm³/mol. The topological polar surface area (TPSA) is 38.8 Å². The fourth-order valence-corrected chi connectivity index (χ4v) is 8.80. The van der Waals surface area contributed by atoms with E-state index < -0.39 is 0 Å². The fourth-order valence-electron chi connectivity index (χ4n) is 8.80. The van der Waals surface area contributed by atoms with Crippen molar-refractivity contribution in [2.75, 3.05) is 0 Å². The summed E-state index contributed by atoms with van der Waals surface area (Å²) < 4.78 is 11.9. The molecule has 3 saturated carbocycles. The lowest BCUT2D eigenvalue weighted by atomic mass is 9.50. The average molecular weight is 455 g/mol. The molecular weight excluding hydrogens is 408 g/mol. The molecule has 1 heterocycles. The van der Waals surface area contributed by atoms with Gasteiger partial charge in [0.1, 0.15) is 6.10 Å². The molecule has 0 aromatic carbocycles. The highest BCUT2D eigenvalue weighted by molar-refractivity contribution is 5.66. The number of epoxide rings is 1. The third kappa shape index (κ3) is 3.76. The van der Waals surface area contributed by atoms with Crippen LogP contribution in [0.2, 0.25) is 0 Å². The number of hydrogen-bond acceptors (Lipinski definition) is 3. The number of carbonyl (C=O) groups is 1. The molecule has 184 valence electrons. The molecular formula is C30H46O3. The predicted octanol–water partition coefficient (Wildman–Crippen LogP) is 7.11. The molecule has 0 aromatic rings. The quantitative estimate of drug-likeness (QED) is 0.328. The maximum Gasteiger partial charge on any atom is 0.302 e. The molecule has 0 spiro atoms. The van der Waals surface area contributed by atoms with Crippen molar-refractivity contribution < 1.29 is 14.3 Å². The Morgan fingerprint density at radius 1 is 1.00 bits per heavy atom. The van der Waals surface area contributed by atoms with E-state index in [1.807, 2.05) is 0 Å². The van der Waals surface area contributed by atoms with Crippen molar-refractivity contribution in [2.45, 2.75) is 112 Å². The van der Waals surface area contributed by atoms with Gasteiger partial charge in [0, 0.05) is 13.3 Å². The summed E-state index contributed by atoms with van der Waals surface area (Å²) in [5.74, 6) is 4.05. The summed E-state index contributed by atoms with van der Waals surface area (Å²) in [5.41, 5.74) is 3.94. The van der Waals surface area contributed by atoms with Crippen molar-refractivity contribution in [3.05, 3.63) is 23.3 Å². The van der Waals surface area contributed by atoms with E-state index in [1.54, 1.807) is 12.5 Å². The van der Waals surface area contributed by atoms with Crippen LogP contribution in [0.1, 0.15) is 93.4 Å². The number of esters is 1. The van der Waals surface area contributed by atoms with Gasteiger partial charge in [-0.1, -0.05) is 64.8 Å². The number of hydrogen-bond donors (Lipinski definition) is 0. The maximum atomic E-state index is 11.5. The van der Waals surface area contributed by atoms with Crippen molar-refractivity contribution in [2.24, 2.45) is 46.3 Å². The van der Waals surface area contributed by atoms with Crippen LogP contribution in [0.5, 0.6) is 0 Å². The van der Waals surface area contributed by atoms with Crippen LogP contribution in [0.4, 0.5) is 0 Å². The van der Waals surface area contributed by atoms with Crippen molar-refractivity contribution >= 4 is 5.97 Å². The number of allylic oxidation sites excluding steroid dienone is 3. The van der Waals surface area contributed by atoms with Gasteiger partial charge in [-0.25, -0.2) is 0 Å². The highest BCUT2D eigenvalue weighted by Crippen LogP contribution is 2.66. The van der Waals surface area contributed by atoms with E-state index in [2.05, 4.69) is 53.7 Å². The van der Waals surface area contributed by atoms with Crippen LogP contribution in [0.25, 0.3) is 0 Å². The van der Waals surface area contributed by atoms with Crippen LogP contribution < -0.4 is 0 Å². The van der Waals surface area contributed by atoms with Crippen LogP contribution in [0.15, 0.2) is 23.3 Å². The van der Waals surface area contributed by atoms with Crippen molar-refractivity contribution in [3.63, 3.8) is 0 Å². The van der Waals surface area contributed by atoms with Gasteiger partial charge in [-0.2, -0.15) is 0 Å². The second kappa shape index (κ2) is 8.25. The van der Waals surface area contributed by atoms with Crippen LogP contribution in [0, 0.1) is 46.3 Å². The Morgan fingerprint density at radius 2 is 1.76 bits per heavy atom. The van der Waals surface area contributed by atoms with E-state index in [-0.39, 0.29) is 17.5 Å². The largest absolute Gasteiger partial charge is 0.462 e. The first-order valence-corrected chi connectivity index (χ1v) is 13.8. The smallest absolute Gasteiger partial charge is 0.302 e. The minimum atomic E-state index is -0.138. The number of carbonyl (C=O) groups excluding carboxylic acids is 1. The molecule has 5 rings (SSSR count). The third-order valence-corrected chi connectivity index (χ3v) is 11.2. The second-order valence-corrected chi connectivity index (χ2v) is 13.1. The first-order valence-electron chi connectivity index (χ1n) is 13.8. The van der Waals surface area contributed by atoms with Crippen molar-refractivity contribution in [1.29, 1.82) is 0 Å². The zero-order valence-corrected chi connectivity index (χ0v) is 22.0. The maximum absolute atomic E-state index is 11.5. The van der Waals surface area contributed by atoms with E-state index in [0.29, 0.717) is 41.3 Å². The number of ether oxygens (including phenoxy) is 2. The minimum Gasteiger partial charge on any atom is -0.462 e. The summed E-state index contributed by atoms with van der Waals surface area (Å²) in [5, 5.41) is 0. The highest BCUT2D eigenvalue weighted by Gasteiger charge is 2.60. The van der Waals surface area contributed by atoms with E-state index in [4.69, 9.17) is 9.47 Å². The van der Waals surface area contributed by atoms with Gasteiger partial charge in [-0.3, -0.25) is 4.79 Å². The van der Waals surface area contributed by atoms with E-state index in [0.717, 1.165) is 31.1 Å². The third-order valence-electron chi connectivity index (χ3n) is 11.2. The minimum absolute atomic E-state index is 0.0714.